The van der Waals surface area contributed by atoms with Crippen LogP contribution in [0.1, 0.15) is 37.2 Å². The van der Waals surface area contributed by atoms with Crippen molar-refractivity contribution in [1.82, 2.24) is 0 Å². The third kappa shape index (κ3) is 2.86. The predicted molar refractivity (Wildman–Crippen MR) is 85.5 cm³/mol. The lowest BCUT2D eigenvalue weighted by Crippen LogP contribution is -2.25. The van der Waals surface area contributed by atoms with E-state index in [1.54, 1.807) is 0 Å². The number of hydrogen-bond acceptors (Lipinski definition) is 2. The topological polar surface area (TPSA) is 52.0 Å². The van der Waals surface area contributed by atoms with Crippen LogP contribution in [0.2, 0.25) is 0 Å². The summed E-state index contributed by atoms with van der Waals surface area (Å²) in [5.41, 5.74) is 16.4. The maximum Gasteiger partial charge on any atom is 0.0314 e. The zero-order valence-electron chi connectivity index (χ0n) is 11.8. The van der Waals surface area contributed by atoms with Crippen molar-refractivity contribution >= 4 is 5.69 Å². The maximum absolute atomic E-state index is 5.98. The van der Waals surface area contributed by atoms with Crippen molar-refractivity contribution in [1.29, 1.82) is 0 Å². The highest BCUT2D eigenvalue weighted by molar-refractivity contribution is 5.65. The molecule has 0 heterocycles. The molecule has 0 atom stereocenters. The van der Waals surface area contributed by atoms with Gasteiger partial charge in [0.25, 0.3) is 0 Å². The Morgan fingerprint density at radius 2 is 1.20 bits per heavy atom. The Morgan fingerprint density at radius 3 is 1.75 bits per heavy atom. The lowest BCUT2D eigenvalue weighted by Gasteiger charge is -2.26. The van der Waals surface area contributed by atoms with Gasteiger partial charge >= 0.3 is 0 Å². The zero-order chi connectivity index (χ0) is 13.9. The average molecular weight is 266 g/mol. The Morgan fingerprint density at radius 1 is 0.700 bits per heavy atom. The van der Waals surface area contributed by atoms with Crippen molar-refractivity contribution in [3.8, 4) is 11.1 Å². The van der Waals surface area contributed by atoms with Gasteiger partial charge in [0.1, 0.15) is 0 Å². The summed E-state index contributed by atoms with van der Waals surface area (Å²) in [6, 6.07) is 17.4. The first kappa shape index (κ1) is 13.2. The molecule has 3 rings (SSSR count). The van der Waals surface area contributed by atoms with Gasteiger partial charge in [0.2, 0.25) is 0 Å². The van der Waals surface area contributed by atoms with Crippen molar-refractivity contribution in [2.24, 2.45) is 5.73 Å². The fraction of sp³-hybridized carbons (Fsp3) is 0.333. The van der Waals surface area contributed by atoms with Crippen LogP contribution in [0.15, 0.2) is 48.5 Å². The quantitative estimate of drug-likeness (QED) is 0.809. The highest BCUT2D eigenvalue weighted by Crippen LogP contribution is 2.33. The van der Waals surface area contributed by atoms with Gasteiger partial charge in [0, 0.05) is 11.7 Å². The molecule has 0 amide bonds. The molecule has 2 heteroatoms. The molecule has 2 aromatic carbocycles. The van der Waals surface area contributed by atoms with Crippen molar-refractivity contribution < 1.29 is 0 Å². The van der Waals surface area contributed by atoms with Gasteiger partial charge in [0.15, 0.2) is 0 Å². The summed E-state index contributed by atoms with van der Waals surface area (Å²) in [6.07, 6.45) is 4.76. The van der Waals surface area contributed by atoms with Crippen LogP contribution in [0.4, 0.5) is 5.69 Å². The Balaban J connectivity index is 1.76. The van der Waals surface area contributed by atoms with Crippen molar-refractivity contribution in [2.45, 2.75) is 37.6 Å². The first-order valence-corrected chi connectivity index (χ1v) is 7.44. The summed E-state index contributed by atoms with van der Waals surface area (Å²) in [5.74, 6) is 0.690. The van der Waals surface area contributed by atoms with Gasteiger partial charge in [-0.25, -0.2) is 0 Å². The van der Waals surface area contributed by atoms with E-state index in [-0.39, 0.29) is 0 Å². The third-order valence-corrected chi connectivity index (χ3v) is 4.40. The number of nitrogen functional groups attached to an aromatic ring is 1. The molecule has 2 aromatic rings. The van der Waals surface area contributed by atoms with Gasteiger partial charge in [-0.2, -0.15) is 0 Å². The van der Waals surface area contributed by atoms with E-state index < -0.39 is 0 Å². The second-order valence-electron chi connectivity index (χ2n) is 5.86. The van der Waals surface area contributed by atoms with Crippen LogP contribution in [0.5, 0.6) is 0 Å². The Hall–Kier alpha value is -1.80. The van der Waals surface area contributed by atoms with Crippen LogP contribution in [0.25, 0.3) is 11.1 Å². The number of nitrogens with two attached hydrogens (primary N) is 2. The Bertz CT molecular complexity index is 549. The van der Waals surface area contributed by atoms with E-state index in [1.807, 2.05) is 12.1 Å². The van der Waals surface area contributed by atoms with E-state index >= 15 is 0 Å². The lowest BCUT2D eigenvalue weighted by molar-refractivity contribution is 0.395. The molecule has 2 nitrogen and oxygen atoms in total. The number of rotatable bonds is 2. The van der Waals surface area contributed by atoms with Crippen LogP contribution in [0.3, 0.4) is 0 Å². The molecule has 1 aliphatic rings. The molecular weight excluding hydrogens is 244 g/mol. The molecule has 1 saturated carbocycles. The van der Waals surface area contributed by atoms with E-state index in [0.29, 0.717) is 12.0 Å². The van der Waals surface area contributed by atoms with Crippen molar-refractivity contribution in [3.63, 3.8) is 0 Å². The standard InChI is InChI=1S/C18H22N2/c19-17-9-5-15(6-10-17)13-1-2-14(4-3-13)16-7-11-18(20)12-8-16/h1-6,9-10,16,18H,7-8,11-12,19-20H2. The van der Waals surface area contributed by atoms with Crippen molar-refractivity contribution in [2.75, 3.05) is 5.73 Å². The van der Waals surface area contributed by atoms with E-state index in [2.05, 4.69) is 36.4 Å². The minimum atomic E-state index is 0.417. The van der Waals surface area contributed by atoms with Gasteiger partial charge in [0.05, 0.1) is 0 Å². The summed E-state index contributed by atoms with van der Waals surface area (Å²) >= 11 is 0. The molecule has 0 aliphatic heterocycles. The van der Waals surface area contributed by atoms with Crippen molar-refractivity contribution in [3.05, 3.63) is 54.1 Å². The van der Waals surface area contributed by atoms with Crippen LogP contribution in [-0.2, 0) is 0 Å². The van der Waals surface area contributed by atoms with Crippen LogP contribution < -0.4 is 11.5 Å². The highest BCUT2D eigenvalue weighted by atomic mass is 14.6. The van der Waals surface area contributed by atoms with E-state index in [4.69, 9.17) is 11.5 Å². The Kier molecular flexibility index (Phi) is 3.75. The minimum Gasteiger partial charge on any atom is -0.399 e. The molecule has 20 heavy (non-hydrogen) atoms. The average Bonchev–Trinajstić information content (AvgIpc) is 2.49. The Labute approximate surface area is 120 Å². The third-order valence-electron chi connectivity index (χ3n) is 4.40. The molecule has 0 radical (unpaired) electrons. The minimum absolute atomic E-state index is 0.417. The van der Waals surface area contributed by atoms with E-state index in [9.17, 15) is 0 Å². The summed E-state index contributed by atoms with van der Waals surface area (Å²) in [7, 11) is 0. The largest absolute Gasteiger partial charge is 0.399 e. The SMILES string of the molecule is Nc1ccc(-c2ccc(C3CCC(N)CC3)cc2)cc1. The predicted octanol–water partition coefficient (Wildman–Crippen LogP) is 3.92. The number of benzene rings is 2. The van der Waals surface area contributed by atoms with Gasteiger partial charge in [-0.1, -0.05) is 36.4 Å². The van der Waals surface area contributed by atoms with Gasteiger partial charge < -0.3 is 11.5 Å². The van der Waals surface area contributed by atoms with E-state index in [1.165, 1.54) is 29.5 Å². The van der Waals surface area contributed by atoms with Gasteiger partial charge in [-0.15, -0.1) is 0 Å². The number of anilines is 1. The smallest absolute Gasteiger partial charge is 0.0314 e. The molecule has 4 N–H and O–H groups in total. The summed E-state index contributed by atoms with van der Waals surface area (Å²) in [6.45, 7) is 0. The molecule has 1 aliphatic carbocycles. The second kappa shape index (κ2) is 5.68. The molecule has 0 bridgehead atoms. The molecular formula is C18H22N2. The normalized spacial score (nSPS) is 22.6. The lowest BCUT2D eigenvalue weighted by atomic mass is 9.82. The van der Waals surface area contributed by atoms with Gasteiger partial charge in [-0.3, -0.25) is 0 Å². The fourth-order valence-corrected chi connectivity index (χ4v) is 3.08. The summed E-state index contributed by atoms with van der Waals surface area (Å²) in [4.78, 5) is 0. The molecule has 0 spiro atoms. The molecule has 0 saturated heterocycles. The summed E-state index contributed by atoms with van der Waals surface area (Å²) < 4.78 is 0. The van der Waals surface area contributed by atoms with Gasteiger partial charge in [-0.05, 0) is 60.4 Å². The maximum atomic E-state index is 5.98. The second-order valence-corrected chi connectivity index (χ2v) is 5.86. The fourth-order valence-electron chi connectivity index (χ4n) is 3.08. The molecule has 0 unspecified atom stereocenters. The molecule has 0 aromatic heterocycles. The monoisotopic (exact) mass is 266 g/mol. The zero-order valence-corrected chi connectivity index (χ0v) is 11.8. The van der Waals surface area contributed by atoms with Crippen LogP contribution >= 0.6 is 0 Å². The van der Waals surface area contributed by atoms with Crippen LogP contribution in [0, 0.1) is 0 Å². The first-order chi connectivity index (χ1) is 9.72. The molecule has 1 fully saturated rings. The number of hydrogen-bond donors (Lipinski definition) is 2. The van der Waals surface area contributed by atoms with E-state index in [0.717, 1.165) is 18.5 Å². The first-order valence-electron chi connectivity index (χ1n) is 7.44. The highest BCUT2D eigenvalue weighted by Gasteiger charge is 2.19. The molecule has 104 valence electrons. The summed E-state index contributed by atoms with van der Waals surface area (Å²) in [5, 5.41) is 0. The van der Waals surface area contributed by atoms with Crippen LogP contribution in [-0.4, -0.2) is 6.04 Å².